The van der Waals surface area contributed by atoms with E-state index in [1.165, 1.54) is 12.0 Å². The van der Waals surface area contributed by atoms with Crippen LogP contribution in [-0.2, 0) is 11.2 Å². The molecule has 17 heavy (non-hydrogen) atoms. The Labute approximate surface area is 104 Å². The van der Waals surface area contributed by atoms with Crippen LogP contribution in [0.2, 0.25) is 0 Å². The Hall–Kier alpha value is -1.31. The number of benzene rings is 1. The molecule has 2 heteroatoms. The van der Waals surface area contributed by atoms with Gasteiger partial charge in [0, 0.05) is 13.1 Å². The summed E-state index contributed by atoms with van der Waals surface area (Å²) in [7, 11) is 0. The third-order valence-electron chi connectivity index (χ3n) is 3.45. The van der Waals surface area contributed by atoms with E-state index in [9.17, 15) is 4.79 Å². The molecule has 1 fully saturated rings. The second-order valence-corrected chi connectivity index (χ2v) is 5.25. The quantitative estimate of drug-likeness (QED) is 0.766. The molecule has 1 amide bonds. The van der Waals surface area contributed by atoms with E-state index >= 15 is 0 Å². The van der Waals surface area contributed by atoms with Crippen LogP contribution in [0.25, 0.3) is 0 Å². The van der Waals surface area contributed by atoms with E-state index in [-0.39, 0.29) is 5.91 Å². The molecular weight excluding hydrogens is 210 g/mol. The highest BCUT2D eigenvalue weighted by molar-refractivity contribution is 5.78. The van der Waals surface area contributed by atoms with Crippen LogP contribution in [0, 0.1) is 12.8 Å². The molecule has 1 unspecified atom stereocenters. The van der Waals surface area contributed by atoms with Gasteiger partial charge in [0.2, 0.25) is 5.91 Å². The lowest BCUT2D eigenvalue weighted by Crippen LogP contribution is -2.39. The van der Waals surface area contributed by atoms with Gasteiger partial charge in [-0.2, -0.15) is 0 Å². The van der Waals surface area contributed by atoms with Crippen molar-refractivity contribution in [3.05, 3.63) is 35.4 Å². The minimum absolute atomic E-state index is 0.280. The molecule has 0 bridgehead atoms. The Kier molecular flexibility index (Phi) is 3.82. The molecule has 1 saturated heterocycles. The van der Waals surface area contributed by atoms with Gasteiger partial charge in [-0.1, -0.05) is 36.8 Å². The summed E-state index contributed by atoms with van der Waals surface area (Å²) in [4.78, 5) is 14.2. The summed E-state index contributed by atoms with van der Waals surface area (Å²) in [5, 5.41) is 0. The minimum atomic E-state index is 0.280. The predicted octanol–water partition coefficient (Wildman–Crippen LogP) is 2.80. The van der Waals surface area contributed by atoms with Gasteiger partial charge in [-0.3, -0.25) is 4.79 Å². The molecular formula is C15H21NO. The third kappa shape index (κ3) is 3.32. The molecule has 0 aliphatic carbocycles. The number of hydrogen-bond acceptors (Lipinski definition) is 1. The Morgan fingerprint density at radius 2 is 2.29 bits per heavy atom. The van der Waals surface area contributed by atoms with Gasteiger partial charge in [0.15, 0.2) is 0 Å². The number of rotatable bonds is 2. The molecule has 2 rings (SSSR count). The summed E-state index contributed by atoms with van der Waals surface area (Å²) in [6.45, 7) is 6.17. The fraction of sp³-hybridized carbons (Fsp3) is 0.533. The lowest BCUT2D eigenvalue weighted by atomic mass is 9.99. The first-order valence-electron chi connectivity index (χ1n) is 6.48. The van der Waals surface area contributed by atoms with Crippen LogP contribution >= 0.6 is 0 Å². The van der Waals surface area contributed by atoms with E-state index in [0.717, 1.165) is 25.1 Å². The van der Waals surface area contributed by atoms with Crippen molar-refractivity contribution < 1.29 is 4.79 Å². The molecule has 2 nitrogen and oxygen atoms in total. The van der Waals surface area contributed by atoms with Crippen molar-refractivity contribution in [2.45, 2.75) is 33.1 Å². The first-order chi connectivity index (χ1) is 8.15. The second kappa shape index (κ2) is 5.35. The van der Waals surface area contributed by atoms with E-state index in [1.807, 2.05) is 17.0 Å². The summed E-state index contributed by atoms with van der Waals surface area (Å²) >= 11 is 0. The van der Waals surface area contributed by atoms with Crippen molar-refractivity contribution in [2.75, 3.05) is 13.1 Å². The maximum Gasteiger partial charge on any atom is 0.226 e. The summed E-state index contributed by atoms with van der Waals surface area (Å²) in [5.74, 6) is 0.937. The van der Waals surface area contributed by atoms with Crippen LogP contribution in [-0.4, -0.2) is 23.9 Å². The zero-order valence-corrected chi connectivity index (χ0v) is 10.8. The van der Waals surface area contributed by atoms with Crippen molar-refractivity contribution in [3.8, 4) is 0 Å². The molecule has 1 atom stereocenters. The summed E-state index contributed by atoms with van der Waals surface area (Å²) < 4.78 is 0. The lowest BCUT2D eigenvalue weighted by Gasteiger charge is -2.31. The number of aryl methyl sites for hydroxylation is 1. The van der Waals surface area contributed by atoms with Gasteiger partial charge in [0.25, 0.3) is 0 Å². The zero-order chi connectivity index (χ0) is 12.3. The average molecular weight is 231 g/mol. The van der Waals surface area contributed by atoms with Crippen molar-refractivity contribution >= 4 is 5.91 Å². The van der Waals surface area contributed by atoms with Crippen LogP contribution in [0.1, 0.15) is 30.9 Å². The molecule has 1 heterocycles. The van der Waals surface area contributed by atoms with Crippen LogP contribution in [0.4, 0.5) is 0 Å². The lowest BCUT2D eigenvalue weighted by molar-refractivity contribution is -0.132. The van der Waals surface area contributed by atoms with Crippen LogP contribution in [0.5, 0.6) is 0 Å². The number of amides is 1. The smallest absolute Gasteiger partial charge is 0.226 e. The maximum absolute atomic E-state index is 12.2. The first-order valence-corrected chi connectivity index (χ1v) is 6.48. The Morgan fingerprint density at radius 3 is 3.00 bits per heavy atom. The molecule has 0 aromatic heterocycles. The van der Waals surface area contributed by atoms with Crippen molar-refractivity contribution in [1.29, 1.82) is 0 Å². The number of carbonyl (C=O) groups excluding carboxylic acids is 1. The van der Waals surface area contributed by atoms with Gasteiger partial charge in [-0.05, 0) is 31.2 Å². The molecule has 92 valence electrons. The second-order valence-electron chi connectivity index (χ2n) is 5.25. The number of hydrogen-bond donors (Lipinski definition) is 0. The molecule has 0 spiro atoms. The van der Waals surface area contributed by atoms with Crippen LogP contribution in [0.3, 0.4) is 0 Å². The maximum atomic E-state index is 12.2. The van der Waals surface area contributed by atoms with Gasteiger partial charge in [0.1, 0.15) is 0 Å². The van der Waals surface area contributed by atoms with Crippen LogP contribution < -0.4 is 0 Å². The monoisotopic (exact) mass is 231 g/mol. The summed E-state index contributed by atoms with van der Waals surface area (Å²) in [6, 6.07) is 8.23. The number of nitrogens with zero attached hydrogens (tertiary/aromatic N) is 1. The largest absolute Gasteiger partial charge is 0.342 e. The standard InChI is InChI=1S/C15H21NO/c1-12-5-3-7-14(9-12)10-15(17)16-8-4-6-13(2)11-16/h3,5,7,9,13H,4,6,8,10-11H2,1-2H3. The Morgan fingerprint density at radius 1 is 1.47 bits per heavy atom. The molecule has 0 saturated carbocycles. The Bertz CT molecular complexity index is 400. The van der Waals surface area contributed by atoms with Crippen molar-refractivity contribution in [2.24, 2.45) is 5.92 Å². The molecule has 1 aromatic rings. The number of piperidine rings is 1. The van der Waals surface area contributed by atoms with E-state index in [1.54, 1.807) is 0 Å². The highest BCUT2D eigenvalue weighted by Crippen LogP contribution is 2.16. The topological polar surface area (TPSA) is 20.3 Å². The number of carbonyl (C=O) groups is 1. The van der Waals surface area contributed by atoms with Gasteiger partial charge < -0.3 is 4.90 Å². The van der Waals surface area contributed by atoms with Crippen molar-refractivity contribution in [3.63, 3.8) is 0 Å². The molecule has 0 N–H and O–H groups in total. The van der Waals surface area contributed by atoms with E-state index in [4.69, 9.17) is 0 Å². The van der Waals surface area contributed by atoms with E-state index in [2.05, 4.69) is 26.0 Å². The average Bonchev–Trinajstić information content (AvgIpc) is 2.29. The summed E-state index contributed by atoms with van der Waals surface area (Å²) in [6.07, 6.45) is 2.96. The van der Waals surface area contributed by atoms with Gasteiger partial charge >= 0.3 is 0 Å². The van der Waals surface area contributed by atoms with Gasteiger partial charge in [-0.15, -0.1) is 0 Å². The zero-order valence-electron chi connectivity index (χ0n) is 10.8. The SMILES string of the molecule is Cc1cccc(CC(=O)N2CCCC(C)C2)c1. The highest BCUT2D eigenvalue weighted by Gasteiger charge is 2.20. The third-order valence-corrected chi connectivity index (χ3v) is 3.45. The minimum Gasteiger partial charge on any atom is -0.342 e. The fourth-order valence-corrected chi connectivity index (χ4v) is 2.52. The predicted molar refractivity (Wildman–Crippen MR) is 69.9 cm³/mol. The van der Waals surface area contributed by atoms with Crippen LogP contribution in [0.15, 0.2) is 24.3 Å². The van der Waals surface area contributed by atoms with E-state index in [0.29, 0.717) is 12.3 Å². The van der Waals surface area contributed by atoms with Crippen molar-refractivity contribution in [1.82, 2.24) is 4.90 Å². The molecule has 1 aromatic carbocycles. The van der Waals surface area contributed by atoms with Gasteiger partial charge in [0.05, 0.1) is 6.42 Å². The fourth-order valence-electron chi connectivity index (χ4n) is 2.52. The normalized spacial score (nSPS) is 20.4. The molecule has 0 radical (unpaired) electrons. The number of likely N-dealkylation sites (tertiary alicyclic amines) is 1. The van der Waals surface area contributed by atoms with Gasteiger partial charge in [-0.25, -0.2) is 0 Å². The first kappa shape index (κ1) is 12.2. The molecule has 1 aliphatic heterocycles. The highest BCUT2D eigenvalue weighted by atomic mass is 16.2. The Balaban J connectivity index is 1.96. The van der Waals surface area contributed by atoms with E-state index < -0.39 is 0 Å². The summed E-state index contributed by atoms with van der Waals surface area (Å²) in [5.41, 5.74) is 2.36. The molecule has 1 aliphatic rings.